The van der Waals surface area contributed by atoms with Crippen LogP contribution in [0.1, 0.15) is 47.2 Å². The van der Waals surface area contributed by atoms with Crippen molar-refractivity contribution in [3.63, 3.8) is 0 Å². The fourth-order valence-electron chi connectivity index (χ4n) is 10.6. The largest absolute Gasteiger partial charge is 0.310 e. The van der Waals surface area contributed by atoms with Gasteiger partial charge < -0.3 is 4.90 Å². The van der Waals surface area contributed by atoms with E-state index in [4.69, 9.17) is 0 Å². The fraction of sp³-hybridized carbons (Fsp3) is 0.0690. The fourth-order valence-corrected chi connectivity index (χ4v) is 11.9. The molecule has 0 bridgehead atoms. The Bertz CT molecular complexity index is 3280. The van der Waals surface area contributed by atoms with Gasteiger partial charge in [0, 0.05) is 42.6 Å². The maximum atomic E-state index is 2.51. The van der Waals surface area contributed by atoms with E-state index in [9.17, 15) is 0 Å². The highest BCUT2D eigenvalue weighted by Crippen LogP contribution is 2.59. The summed E-state index contributed by atoms with van der Waals surface area (Å²) in [5.41, 5.74) is 18.3. The van der Waals surface area contributed by atoms with E-state index >= 15 is 0 Å². The van der Waals surface area contributed by atoms with Crippen molar-refractivity contribution in [2.24, 2.45) is 0 Å². The molecule has 0 N–H and O–H groups in total. The molecule has 12 rings (SSSR count). The van der Waals surface area contributed by atoms with Gasteiger partial charge in [-0.05, 0) is 109 Å². The predicted molar refractivity (Wildman–Crippen MR) is 254 cm³/mol. The molecule has 10 aromatic rings. The van der Waals surface area contributed by atoms with Crippen molar-refractivity contribution in [1.29, 1.82) is 0 Å². The zero-order valence-corrected chi connectivity index (χ0v) is 34.4. The summed E-state index contributed by atoms with van der Waals surface area (Å²) in [6.07, 6.45) is 0. The van der Waals surface area contributed by atoms with Crippen LogP contribution in [0.25, 0.3) is 53.6 Å². The number of hydrogen-bond donors (Lipinski definition) is 0. The van der Waals surface area contributed by atoms with Crippen molar-refractivity contribution in [3.8, 4) is 33.4 Å². The minimum atomic E-state index is -0.562. The zero-order valence-electron chi connectivity index (χ0n) is 33.6. The van der Waals surface area contributed by atoms with Gasteiger partial charge in [0.25, 0.3) is 0 Å². The lowest BCUT2D eigenvalue weighted by molar-refractivity contribution is 0.660. The van der Waals surface area contributed by atoms with Crippen molar-refractivity contribution in [3.05, 3.63) is 246 Å². The maximum Gasteiger partial charge on any atom is 0.0728 e. The monoisotopic (exact) mass is 783 g/mol. The van der Waals surface area contributed by atoms with E-state index in [0.717, 1.165) is 17.1 Å². The average molecular weight is 784 g/mol. The molecule has 0 radical (unpaired) electrons. The molecule has 60 heavy (non-hydrogen) atoms. The van der Waals surface area contributed by atoms with Crippen LogP contribution in [0.3, 0.4) is 0 Å². The molecule has 1 heterocycles. The minimum absolute atomic E-state index is 0.129. The number of anilines is 3. The highest BCUT2D eigenvalue weighted by Gasteiger charge is 2.47. The van der Waals surface area contributed by atoms with Gasteiger partial charge >= 0.3 is 0 Å². The van der Waals surface area contributed by atoms with Crippen LogP contribution in [-0.2, 0) is 10.8 Å². The van der Waals surface area contributed by atoms with Gasteiger partial charge in [-0.1, -0.05) is 184 Å². The van der Waals surface area contributed by atoms with E-state index < -0.39 is 5.41 Å². The van der Waals surface area contributed by atoms with Gasteiger partial charge in [-0.25, -0.2) is 0 Å². The topological polar surface area (TPSA) is 3.24 Å². The maximum absolute atomic E-state index is 2.51. The summed E-state index contributed by atoms with van der Waals surface area (Å²) >= 11 is 1.92. The van der Waals surface area contributed by atoms with Crippen molar-refractivity contribution >= 4 is 48.6 Å². The Labute approximate surface area is 355 Å². The number of nitrogens with zero attached hydrogens (tertiary/aromatic N) is 1. The molecule has 1 unspecified atom stereocenters. The normalized spacial score (nSPS) is 15.7. The molecule has 1 nitrogen and oxygen atoms in total. The van der Waals surface area contributed by atoms with Crippen LogP contribution in [0, 0.1) is 0 Å². The van der Waals surface area contributed by atoms with Gasteiger partial charge in [0.15, 0.2) is 0 Å². The van der Waals surface area contributed by atoms with E-state index in [1.807, 2.05) is 11.3 Å². The van der Waals surface area contributed by atoms with Crippen LogP contribution in [0.4, 0.5) is 17.1 Å². The summed E-state index contributed by atoms with van der Waals surface area (Å²) in [5, 5.41) is 2.63. The molecule has 0 saturated heterocycles. The highest BCUT2D eigenvalue weighted by molar-refractivity contribution is 7.26. The molecular weight excluding hydrogens is 743 g/mol. The zero-order chi connectivity index (χ0) is 40.0. The lowest BCUT2D eigenvalue weighted by atomic mass is 9.67. The molecule has 9 aromatic carbocycles. The Morgan fingerprint density at radius 2 is 0.883 bits per heavy atom. The van der Waals surface area contributed by atoms with Gasteiger partial charge in [0.05, 0.1) is 5.41 Å². The summed E-state index contributed by atoms with van der Waals surface area (Å²) in [7, 11) is 0. The van der Waals surface area contributed by atoms with Crippen LogP contribution in [0.15, 0.2) is 212 Å². The smallest absolute Gasteiger partial charge is 0.0728 e. The van der Waals surface area contributed by atoms with Crippen molar-refractivity contribution in [2.75, 3.05) is 4.90 Å². The third-order valence-corrected chi connectivity index (χ3v) is 14.6. The van der Waals surface area contributed by atoms with Crippen LogP contribution >= 0.6 is 11.3 Å². The Hall–Kier alpha value is -7.00. The van der Waals surface area contributed by atoms with E-state index in [2.05, 4.69) is 231 Å². The van der Waals surface area contributed by atoms with E-state index in [-0.39, 0.29) is 5.41 Å². The van der Waals surface area contributed by atoms with Gasteiger partial charge in [-0.3, -0.25) is 0 Å². The van der Waals surface area contributed by atoms with Crippen LogP contribution in [-0.4, -0.2) is 0 Å². The Morgan fingerprint density at radius 3 is 1.63 bits per heavy atom. The lowest BCUT2D eigenvalue weighted by Gasteiger charge is -2.35. The molecule has 0 saturated carbocycles. The third-order valence-electron chi connectivity index (χ3n) is 13.4. The molecule has 284 valence electrons. The predicted octanol–water partition coefficient (Wildman–Crippen LogP) is 15.9. The Morgan fingerprint density at radius 1 is 0.367 bits per heavy atom. The number of benzene rings is 9. The second-order valence-corrected chi connectivity index (χ2v) is 17.9. The van der Waals surface area contributed by atoms with E-state index in [0.29, 0.717) is 0 Å². The molecule has 0 amide bonds. The number of rotatable bonds is 6. The lowest BCUT2D eigenvalue weighted by Crippen LogP contribution is -2.29. The van der Waals surface area contributed by atoms with E-state index in [1.54, 1.807) is 0 Å². The van der Waals surface area contributed by atoms with Crippen molar-refractivity contribution in [2.45, 2.75) is 24.7 Å². The van der Waals surface area contributed by atoms with Gasteiger partial charge in [-0.2, -0.15) is 0 Å². The summed E-state index contributed by atoms with van der Waals surface area (Å²) < 4.78 is 2.65. The molecule has 1 aromatic heterocycles. The third kappa shape index (κ3) is 4.98. The summed E-state index contributed by atoms with van der Waals surface area (Å²) in [6, 6.07) is 79.3. The molecule has 2 aliphatic carbocycles. The van der Waals surface area contributed by atoms with Crippen molar-refractivity contribution in [1.82, 2.24) is 0 Å². The summed E-state index contributed by atoms with van der Waals surface area (Å²) in [4.78, 5) is 2.48. The highest BCUT2D eigenvalue weighted by atomic mass is 32.1. The first-order valence-corrected chi connectivity index (χ1v) is 21.7. The standard InChI is InChI=1S/C58H41NS/c1-57(2)50-24-12-9-20-44(50)46-34-32-42(36-53(46)57)59(41-30-28-39(29-31-41)38-16-5-3-6-17-38)43-33-35-47-45-21-10-13-25-51(45)58(54(47)37-43,40-18-7-4-8-19-40)52-26-15-23-49-48-22-11-14-27-55(48)60-56(49)52/h3-37H,1-2H3. The summed E-state index contributed by atoms with van der Waals surface area (Å²) in [5.74, 6) is 0. The molecule has 0 aliphatic heterocycles. The SMILES string of the molecule is CC1(C)c2ccccc2-c2ccc(N(c3ccc(-c4ccccc4)cc3)c3ccc4c(c3)C(c3ccccc3)(c3cccc5c3sc3ccccc35)c3ccccc3-4)cc21. The molecule has 2 aliphatic rings. The van der Waals surface area contributed by atoms with Gasteiger partial charge in [0.2, 0.25) is 0 Å². The van der Waals surface area contributed by atoms with E-state index in [1.165, 1.54) is 86.9 Å². The molecule has 0 spiro atoms. The number of thiophene rings is 1. The summed E-state index contributed by atoms with van der Waals surface area (Å²) in [6.45, 7) is 4.74. The van der Waals surface area contributed by atoms with Crippen LogP contribution in [0.2, 0.25) is 0 Å². The van der Waals surface area contributed by atoms with Crippen LogP contribution in [0.5, 0.6) is 0 Å². The average Bonchev–Trinajstić information content (AvgIpc) is 3.91. The first-order chi connectivity index (χ1) is 29.5. The van der Waals surface area contributed by atoms with Gasteiger partial charge in [0.1, 0.15) is 0 Å². The quantitative estimate of drug-likeness (QED) is 0.162. The first kappa shape index (κ1) is 35.0. The molecular formula is C58H41NS. The van der Waals surface area contributed by atoms with Gasteiger partial charge in [-0.15, -0.1) is 11.3 Å². The second kappa shape index (κ2) is 13.3. The first-order valence-electron chi connectivity index (χ1n) is 20.9. The molecule has 1 atom stereocenters. The van der Waals surface area contributed by atoms with Crippen molar-refractivity contribution < 1.29 is 0 Å². The second-order valence-electron chi connectivity index (χ2n) is 16.8. The number of hydrogen-bond acceptors (Lipinski definition) is 2. The van der Waals surface area contributed by atoms with Crippen LogP contribution < -0.4 is 4.90 Å². The number of fused-ring (bicyclic) bond motifs is 9. The minimum Gasteiger partial charge on any atom is -0.310 e. The molecule has 0 fully saturated rings. The Balaban J connectivity index is 1.13. The molecule has 2 heteroatoms. The Kier molecular flexibility index (Phi) is 7.73.